The molecule has 0 atom stereocenters. The van der Waals surface area contributed by atoms with Crippen molar-refractivity contribution in [1.29, 1.82) is 0 Å². The minimum atomic E-state index is -0.0695. The second-order valence-corrected chi connectivity index (χ2v) is 6.91. The molecule has 3 nitrogen and oxygen atoms in total. The van der Waals surface area contributed by atoms with Gasteiger partial charge in [-0.3, -0.25) is 4.79 Å². The highest BCUT2D eigenvalue weighted by Crippen LogP contribution is 2.25. The van der Waals surface area contributed by atoms with Gasteiger partial charge < -0.3 is 5.32 Å². The van der Waals surface area contributed by atoms with Crippen LogP contribution in [0.3, 0.4) is 0 Å². The first-order chi connectivity index (χ1) is 15.3. The van der Waals surface area contributed by atoms with Crippen molar-refractivity contribution in [2.75, 3.05) is 0 Å². The molecule has 0 aliphatic heterocycles. The molecule has 3 heteroatoms. The summed E-state index contributed by atoms with van der Waals surface area (Å²) in [7, 11) is 0. The molecule has 0 bridgehead atoms. The zero-order valence-electron chi connectivity index (χ0n) is 17.2. The molecule has 0 saturated carbocycles. The highest BCUT2D eigenvalue weighted by atomic mass is 16.1. The molecule has 0 aromatic heterocycles. The quantitative estimate of drug-likeness (QED) is 0.377. The van der Waals surface area contributed by atoms with E-state index in [1.54, 1.807) is 0 Å². The Morgan fingerprint density at radius 2 is 0.903 bits per heavy atom. The summed E-state index contributed by atoms with van der Waals surface area (Å²) in [6.07, 6.45) is 0.741. The lowest BCUT2D eigenvalue weighted by molar-refractivity contribution is -0.110. The Bertz CT molecular complexity index is 996. The van der Waals surface area contributed by atoms with E-state index in [1.807, 2.05) is 121 Å². The van der Waals surface area contributed by atoms with Crippen molar-refractivity contribution in [2.24, 2.45) is 0 Å². The smallest absolute Gasteiger partial charge is 0.322 e. The second kappa shape index (κ2) is 11.7. The van der Waals surface area contributed by atoms with Gasteiger partial charge in [-0.1, -0.05) is 126 Å². The van der Waals surface area contributed by atoms with E-state index in [-0.39, 0.29) is 12.1 Å². The van der Waals surface area contributed by atoms with Crippen LogP contribution in [0, 0.1) is 6.57 Å². The highest BCUT2D eigenvalue weighted by molar-refractivity contribution is 5.50. The summed E-state index contributed by atoms with van der Waals surface area (Å²) in [5.41, 5.74) is 4.40. The van der Waals surface area contributed by atoms with Crippen molar-refractivity contribution in [3.8, 4) is 6.57 Å². The van der Waals surface area contributed by atoms with Gasteiger partial charge in [0.2, 0.25) is 6.41 Å². The Kier molecular flexibility index (Phi) is 8.17. The number of nitrogens with one attached hydrogen (secondary N) is 1. The molecule has 4 aromatic carbocycles. The van der Waals surface area contributed by atoms with Crippen LogP contribution in [0.5, 0.6) is 0 Å². The van der Waals surface area contributed by atoms with Gasteiger partial charge in [0.15, 0.2) is 0 Å². The Morgan fingerprint density at radius 3 is 1.19 bits per heavy atom. The summed E-state index contributed by atoms with van der Waals surface area (Å²) in [6.45, 7) is 5.46. The third-order valence-electron chi connectivity index (χ3n) is 4.88. The molecule has 0 heterocycles. The maximum absolute atomic E-state index is 10.7. The summed E-state index contributed by atoms with van der Waals surface area (Å²) < 4.78 is 0. The fourth-order valence-corrected chi connectivity index (χ4v) is 3.38. The second-order valence-electron chi connectivity index (χ2n) is 6.91. The first-order valence-corrected chi connectivity index (χ1v) is 10.1. The van der Waals surface area contributed by atoms with Gasteiger partial charge in [-0.2, -0.15) is 0 Å². The normalized spacial score (nSPS) is 9.97. The van der Waals surface area contributed by atoms with Crippen LogP contribution in [0.1, 0.15) is 34.3 Å². The van der Waals surface area contributed by atoms with Crippen molar-refractivity contribution in [3.63, 3.8) is 0 Å². The minimum absolute atomic E-state index is 0.0626. The molecule has 1 N–H and O–H groups in total. The van der Waals surface area contributed by atoms with Gasteiger partial charge in [0.25, 0.3) is 6.57 Å². The van der Waals surface area contributed by atoms with E-state index in [1.165, 1.54) is 0 Å². The van der Waals surface area contributed by atoms with Gasteiger partial charge in [0, 0.05) is 11.1 Å². The van der Waals surface area contributed by atoms with Crippen LogP contribution in [0.15, 0.2) is 121 Å². The van der Waals surface area contributed by atoms with Crippen LogP contribution < -0.4 is 5.32 Å². The number of hydrogen-bond donors (Lipinski definition) is 1. The van der Waals surface area contributed by atoms with Crippen LogP contribution in [0.25, 0.3) is 4.85 Å². The molecule has 0 aliphatic carbocycles. The number of nitrogens with zero attached hydrogens (tertiary/aromatic N) is 1. The molecule has 0 fully saturated rings. The van der Waals surface area contributed by atoms with Crippen LogP contribution in [0.4, 0.5) is 0 Å². The van der Waals surface area contributed by atoms with Crippen molar-refractivity contribution in [2.45, 2.75) is 12.1 Å². The average molecular weight is 406 g/mol. The molecule has 1 amide bonds. The SMILES string of the molecule is C#[N+]C(c1ccccc1)c1ccccc1.O=CNC(c1ccccc1)c1ccccc1. The van der Waals surface area contributed by atoms with Crippen LogP contribution in [-0.4, -0.2) is 6.41 Å². The maximum atomic E-state index is 10.7. The molecule has 31 heavy (non-hydrogen) atoms. The van der Waals surface area contributed by atoms with Gasteiger partial charge in [-0.25, -0.2) is 0 Å². The molecule has 152 valence electrons. The molecular formula is C28H25N2O+. The zero-order chi connectivity index (χ0) is 21.7. The maximum Gasteiger partial charge on any atom is 0.322 e. The number of benzene rings is 4. The van der Waals surface area contributed by atoms with E-state index in [9.17, 15) is 4.79 Å². The van der Waals surface area contributed by atoms with E-state index in [0.717, 1.165) is 28.7 Å². The highest BCUT2D eigenvalue weighted by Gasteiger charge is 2.20. The molecule has 0 radical (unpaired) electrons. The van der Waals surface area contributed by atoms with Gasteiger partial charge in [0.1, 0.15) is 0 Å². The monoisotopic (exact) mass is 405 g/mol. The fraction of sp³-hybridized carbons (Fsp3) is 0.0714. The summed E-state index contributed by atoms with van der Waals surface area (Å²) >= 11 is 0. The van der Waals surface area contributed by atoms with Crippen LogP contribution in [-0.2, 0) is 4.79 Å². The van der Waals surface area contributed by atoms with E-state index < -0.39 is 0 Å². The molecule has 0 saturated heterocycles. The molecule has 4 rings (SSSR count). The zero-order valence-corrected chi connectivity index (χ0v) is 17.2. The van der Waals surface area contributed by atoms with Crippen molar-refractivity contribution < 1.29 is 4.79 Å². The Labute approximate surface area is 183 Å². The van der Waals surface area contributed by atoms with Gasteiger partial charge in [-0.15, -0.1) is 0 Å². The van der Waals surface area contributed by atoms with Crippen LogP contribution >= 0.6 is 0 Å². The summed E-state index contributed by atoms with van der Waals surface area (Å²) in [4.78, 5) is 14.6. The van der Waals surface area contributed by atoms with E-state index in [0.29, 0.717) is 0 Å². The topological polar surface area (TPSA) is 33.5 Å². The Hall–Kier alpha value is -4.16. The minimum Gasteiger partial charge on any atom is -0.348 e. The molecule has 0 aliphatic rings. The summed E-state index contributed by atoms with van der Waals surface area (Å²) in [5.74, 6) is 0. The lowest BCUT2D eigenvalue weighted by atomic mass is 9.99. The predicted molar refractivity (Wildman–Crippen MR) is 127 cm³/mol. The number of carbonyl (C=O) groups excluding carboxylic acids is 1. The van der Waals surface area contributed by atoms with Gasteiger partial charge in [-0.05, 0) is 11.1 Å². The molecule has 0 spiro atoms. The average Bonchev–Trinajstić information content (AvgIpc) is 2.86. The summed E-state index contributed by atoms with van der Waals surface area (Å²) in [5, 5.41) is 2.83. The standard InChI is InChI=1S/C14H13NO.C14H12N/c16-11-15-14(12-7-3-1-4-8-12)13-9-5-2-6-10-13;1-15-14(12-8-4-2-5-9-12)13-10-6-3-7-11-13/h1-11,14H,(H,15,16);1-11,14H/q;+1. The van der Waals surface area contributed by atoms with Gasteiger partial charge in [0.05, 0.1) is 6.04 Å². The number of rotatable bonds is 6. The number of hydrogen-bond acceptors (Lipinski definition) is 1. The van der Waals surface area contributed by atoms with E-state index >= 15 is 0 Å². The molecule has 0 unspecified atom stereocenters. The predicted octanol–water partition coefficient (Wildman–Crippen LogP) is 6.26. The van der Waals surface area contributed by atoms with Crippen molar-refractivity contribution >= 4 is 6.41 Å². The Morgan fingerprint density at radius 1 is 0.581 bits per heavy atom. The van der Waals surface area contributed by atoms with E-state index in [2.05, 4.69) is 10.2 Å². The number of amides is 1. The fourth-order valence-electron chi connectivity index (χ4n) is 3.38. The van der Waals surface area contributed by atoms with Crippen molar-refractivity contribution in [1.82, 2.24) is 5.32 Å². The first kappa shape index (κ1) is 21.5. The van der Waals surface area contributed by atoms with Crippen LogP contribution in [0.2, 0.25) is 0 Å². The van der Waals surface area contributed by atoms with Crippen molar-refractivity contribution in [3.05, 3.63) is 148 Å². The van der Waals surface area contributed by atoms with E-state index in [4.69, 9.17) is 6.57 Å². The summed E-state index contributed by atoms with van der Waals surface area (Å²) in [6, 6.07) is 39.8. The lowest BCUT2D eigenvalue weighted by Gasteiger charge is -2.16. The third kappa shape index (κ3) is 6.16. The third-order valence-corrected chi connectivity index (χ3v) is 4.88. The van der Waals surface area contributed by atoms with Gasteiger partial charge >= 0.3 is 6.04 Å². The molecule has 4 aromatic rings. The number of carbonyl (C=O) groups is 1. The Balaban J connectivity index is 0.000000176. The lowest BCUT2D eigenvalue weighted by Crippen LogP contribution is -2.20. The largest absolute Gasteiger partial charge is 0.348 e. The first-order valence-electron chi connectivity index (χ1n) is 10.1. The molecular weight excluding hydrogens is 380 g/mol.